The summed E-state index contributed by atoms with van der Waals surface area (Å²) in [4.78, 5) is 39.2. The molecule has 6 atom stereocenters. The second-order valence-corrected chi connectivity index (χ2v) is 14.9. The minimum absolute atomic E-state index is 0.00721. The fraction of sp³-hybridized carbons (Fsp3) is 0.912. The van der Waals surface area contributed by atoms with Gasteiger partial charge in [0.15, 0.2) is 0 Å². The van der Waals surface area contributed by atoms with Gasteiger partial charge >= 0.3 is 13.1 Å². The number of unbranched alkanes of at least 4 members (excludes halogenated alkanes) is 8. The Morgan fingerprint density at radius 1 is 0.864 bits per heavy atom. The number of rotatable bonds is 20. The van der Waals surface area contributed by atoms with E-state index in [1.807, 2.05) is 0 Å². The molecule has 252 valence electrons. The van der Waals surface area contributed by atoms with Crippen molar-refractivity contribution in [3.05, 3.63) is 0 Å². The Kier molecular flexibility index (Phi) is 14.3. The van der Waals surface area contributed by atoms with Gasteiger partial charge in [0.05, 0.1) is 17.6 Å². The first-order valence-electron chi connectivity index (χ1n) is 17.9. The Labute approximate surface area is 268 Å². The van der Waals surface area contributed by atoms with E-state index in [0.29, 0.717) is 37.1 Å². The van der Waals surface area contributed by atoms with Crippen LogP contribution in [-0.4, -0.2) is 61.7 Å². The molecule has 10 heteroatoms. The molecular weight excluding hydrogens is 555 g/mol. The van der Waals surface area contributed by atoms with E-state index >= 15 is 0 Å². The van der Waals surface area contributed by atoms with Crippen LogP contribution in [0.4, 0.5) is 4.79 Å². The molecule has 0 aromatic rings. The van der Waals surface area contributed by atoms with Crippen LogP contribution in [0.2, 0.25) is 0 Å². The first-order valence-corrected chi connectivity index (χ1v) is 17.9. The van der Waals surface area contributed by atoms with Crippen LogP contribution in [0.25, 0.3) is 0 Å². The van der Waals surface area contributed by atoms with Gasteiger partial charge in [-0.05, 0) is 62.2 Å². The molecular formula is C34H63BN4O5. The van der Waals surface area contributed by atoms with Crippen molar-refractivity contribution in [3.63, 3.8) is 0 Å². The lowest BCUT2D eigenvalue weighted by Gasteiger charge is -2.64. The predicted molar refractivity (Wildman–Crippen MR) is 177 cm³/mol. The Morgan fingerprint density at radius 2 is 1.52 bits per heavy atom. The molecule has 0 aromatic carbocycles. The molecule has 3 aliphatic carbocycles. The molecule has 0 spiro atoms. The van der Waals surface area contributed by atoms with Crippen molar-refractivity contribution in [2.24, 2.45) is 23.2 Å². The number of hydrogen-bond donors (Lipinski definition) is 4. The smallest absolute Gasteiger partial charge is 0.404 e. The van der Waals surface area contributed by atoms with Gasteiger partial charge in [0, 0.05) is 19.5 Å². The van der Waals surface area contributed by atoms with Gasteiger partial charge < -0.3 is 30.6 Å². The highest BCUT2D eigenvalue weighted by Crippen LogP contribution is 2.65. The number of nitrogens with one attached hydrogen (secondary N) is 4. The third kappa shape index (κ3) is 9.85. The summed E-state index contributed by atoms with van der Waals surface area (Å²) in [5.41, 5.74) is -0.140. The molecule has 4 N–H and O–H groups in total. The van der Waals surface area contributed by atoms with E-state index in [1.165, 1.54) is 25.7 Å². The van der Waals surface area contributed by atoms with Gasteiger partial charge in [0.25, 0.3) is 0 Å². The summed E-state index contributed by atoms with van der Waals surface area (Å²) in [5.74, 6) is 0.505. The molecule has 9 nitrogen and oxygen atoms in total. The monoisotopic (exact) mass is 618 g/mol. The van der Waals surface area contributed by atoms with Crippen molar-refractivity contribution in [2.45, 2.75) is 162 Å². The van der Waals surface area contributed by atoms with E-state index in [9.17, 15) is 14.4 Å². The Bertz CT molecular complexity index is 933. The first-order chi connectivity index (χ1) is 20.9. The van der Waals surface area contributed by atoms with Crippen molar-refractivity contribution < 1.29 is 23.7 Å². The molecule has 2 bridgehead atoms. The lowest BCUT2D eigenvalue weighted by molar-refractivity contribution is -0.199. The van der Waals surface area contributed by atoms with E-state index in [2.05, 4.69) is 69.7 Å². The van der Waals surface area contributed by atoms with Crippen LogP contribution >= 0.6 is 0 Å². The fourth-order valence-corrected chi connectivity index (χ4v) is 7.65. The van der Waals surface area contributed by atoms with Crippen LogP contribution in [0.5, 0.6) is 0 Å². The van der Waals surface area contributed by atoms with Crippen LogP contribution in [0.1, 0.15) is 138 Å². The molecule has 3 saturated carbocycles. The molecule has 0 radical (unpaired) electrons. The topological polar surface area (TPSA) is 118 Å². The third-order valence-corrected chi connectivity index (χ3v) is 10.5. The number of carbonyl (C=O) groups excluding carboxylic acids is 3. The number of urea groups is 1. The molecule has 1 saturated heterocycles. The van der Waals surface area contributed by atoms with Crippen molar-refractivity contribution in [1.29, 1.82) is 0 Å². The quantitative estimate of drug-likeness (QED) is 0.100. The van der Waals surface area contributed by atoms with Crippen LogP contribution in [0.3, 0.4) is 0 Å². The minimum Gasteiger partial charge on any atom is -0.404 e. The highest BCUT2D eigenvalue weighted by Gasteiger charge is 2.68. The lowest BCUT2D eigenvalue weighted by Crippen LogP contribution is -2.65. The summed E-state index contributed by atoms with van der Waals surface area (Å²) in [5, 5.41) is 11.7. The molecule has 0 aromatic heterocycles. The van der Waals surface area contributed by atoms with Gasteiger partial charge in [-0.15, -0.1) is 0 Å². The predicted octanol–water partition coefficient (Wildman–Crippen LogP) is 5.90. The lowest BCUT2D eigenvalue weighted by atomic mass is 9.43. The molecule has 1 heterocycles. The SMILES string of the molecule is CCCCCCCCCC(=O)N[C@@H](CNC(=O)NCCCCC)C(=O)N[C@@H](CC(C)C)B1O[C@@H]2C[C@@H]3C[C@@H](C3(C)C)[C@]2(C)O1. The zero-order chi connectivity index (χ0) is 32.3. The highest BCUT2D eigenvalue weighted by atomic mass is 16.7. The van der Waals surface area contributed by atoms with Gasteiger partial charge in [0.1, 0.15) is 6.04 Å². The number of hydrogen-bond acceptors (Lipinski definition) is 5. The fourth-order valence-electron chi connectivity index (χ4n) is 7.65. The van der Waals surface area contributed by atoms with Gasteiger partial charge in [-0.1, -0.05) is 92.9 Å². The summed E-state index contributed by atoms with van der Waals surface area (Å²) in [6.07, 6.45) is 14.0. The van der Waals surface area contributed by atoms with Gasteiger partial charge in [-0.3, -0.25) is 9.59 Å². The average molecular weight is 619 g/mol. The van der Waals surface area contributed by atoms with Crippen molar-refractivity contribution in [3.8, 4) is 0 Å². The molecule has 0 unspecified atom stereocenters. The molecule has 4 rings (SSSR count). The van der Waals surface area contributed by atoms with Crippen LogP contribution in [0, 0.1) is 23.2 Å². The summed E-state index contributed by atoms with van der Waals surface area (Å²) < 4.78 is 13.3. The normalized spacial score (nSPS) is 26.4. The van der Waals surface area contributed by atoms with E-state index in [4.69, 9.17) is 9.31 Å². The molecule has 4 aliphatic rings. The van der Waals surface area contributed by atoms with Gasteiger partial charge in [0.2, 0.25) is 11.8 Å². The molecule has 4 amide bonds. The maximum absolute atomic E-state index is 13.8. The van der Waals surface area contributed by atoms with Crippen molar-refractivity contribution >= 4 is 25.0 Å². The Balaban J connectivity index is 1.61. The maximum Gasteiger partial charge on any atom is 0.481 e. The zero-order valence-electron chi connectivity index (χ0n) is 28.9. The Morgan fingerprint density at radius 3 is 2.18 bits per heavy atom. The Hall–Kier alpha value is -1.81. The minimum atomic E-state index is -0.894. The second kappa shape index (κ2) is 17.2. The number of amides is 4. The molecule has 4 fully saturated rings. The second-order valence-electron chi connectivity index (χ2n) is 14.9. The van der Waals surface area contributed by atoms with Crippen LogP contribution in [-0.2, 0) is 18.9 Å². The zero-order valence-corrected chi connectivity index (χ0v) is 28.9. The maximum atomic E-state index is 13.8. The van der Waals surface area contributed by atoms with E-state index < -0.39 is 13.2 Å². The summed E-state index contributed by atoms with van der Waals surface area (Å²) in [7, 11) is -0.551. The summed E-state index contributed by atoms with van der Waals surface area (Å²) in [6, 6.07) is -1.23. The van der Waals surface area contributed by atoms with Crippen LogP contribution in [0.15, 0.2) is 0 Å². The molecule has 44 heavy (non-hydrogen) atoms. The summed E-state index contributed by atoms with van der Waals surface area (Å²) >= 11 is 0. The van der Waals surface area contributed by atoms with E-state index in [-0.39, 0.29) is 47.5 Å². The average Bonchev–Trinajstić information content (AvgIpc) is 3.33. The van der Waals surface area contributed by atoms with Gasteiger partial charge in [-0.2, -0.15) is 0 Å². The first kappa shape index (κ1) is 36.7. The van der Waals surface area contributed by atoms with Crippen molar-refractivity contribution in [1.82, 2.24) is 21.3 Å². The van der Waals surface area contributed by atoms with Crippen LogP contribution < -0.4 is 21.3 Å². The number of carbonyl (C=O) groups is 3. The van der Waals surface area contributed by atoms with E-state index in [1.54, 1.807) is 0 Å². The third-order valence-electron chi connectivity index (χ3n) is 10.5. The molecule has 1 aliphatic heterocycles. The van der Waals surface area contributed by atoms with E-state index in [0.717, 1.165) is 51.4 Å². The van der Waals surface area contributed by atoms with Crippen molar-refractivity contribution in [2.75, 3.05) is 13.1 Å². The largest absolute Gasteiger partial charge is 0.481 e. The van der Waals surface area contributed by atoms with Gasteiger partial charge in [-0.25, -0.2) is 4.79 Å². The standard InChI is InChI=1S/C34H63BN4O5/c1-8-10-12-13-14-15-16-18-30(40)38-26(23-37-32(42)36-19-17-11-9-2)31(41)39-29(20-24(3)4)35-43-28-22-25-21-27(33(25,5)6)34(28,7)44-35/h24-29H,8-23H2,1-7H3,(H,38,40)(H,39,41)(H2,36,37,42)/t25-,26-,27-,28+,29-,34-/m0/s1. The highest BCUT2D eigenvalue weighted by molar-refractivity contribution is 6.48. The summed E-state index contributed by atoms with van der Waals surface area (Å²) in [6.45, 7) is 16.0.